The number of rotatable bonds is 3. The number of carbonyl (C=O) groups excluding carboxylic acids is 1. The summed E-state index contributed by atoms with van der Waals surface area (Å²) < 4.78 is 0. The minimum atomic E-state index is 0.112. The van der Waals surface area contributed by atoms with Gasteiger partial charge in [-0.25, -0.2) is 0 Å². The highest BCUT2D eigenvalue weighted by atomic mass is 16.1. The molecule has 1 aromatic heterocycles. The fourth-order valence-electron chi connectivity index (χ4n) is 1.71. The number of hydrogen-bond acceptors (Lipinski definition) is 3. The van der Waals surface area contributed by atoms with E-state index in [0.29, 0.717) is 6.54 Å². The molecular weight excluding hydrogens is 190 g/mol. The number of pyridine rings is 1. The third-order valence-electron chi connectivity index (χ3n) is 2.73. The molecule has 1 aliphatic rings. The number of amides is 1. The zero-order valence-electron chi connectivity index (χ0n) is 8.52. The summed E-state index contributed by atoms with van der Waals surface area (Å²) in [5, 5.41) is 2.89. The molecule has 80 valence electrons. The lowest BCUT2D eigenvalue weighted by atomic mass is 9.80. The lowest BCUT2D eigenvalue weighted by Gasteiger charge is -2.31. The van der Waals surface area contributed by atoms with Gasteiger partial charge < -0.3 is 11.1 Å². The standard InChI is InChI=1S/C11H15N3O/c12-10-4-9(5-10)11(15)14-7-8-2-1-3-13-6-8/h1-3,6,9-10H,4-5,7,12H2,(H,14,15). The highest BCUT2D eigenvalue weighted by Crippen LogP contribution is 2.25. The second-order valence-corrected chi connectivity index (χ2v) is 4.01. The van der Waals surface area contributed by atoms with E-state index in [2.05, 4.69) is 10.3 Å². The number of carbonyl (C=O) groups is 1. The molecule has 0 saturated heterocycles. The zero-order valence-corrected chi connectivity index (χ0v) is 8.52. The molecule has 4 nitrogen and oxygen atoms in total. The summed E-state index contributed by atoms with van der Waals surface area (Å²) in [6.07, 6.45) is 5.11. The quantitative estimate of drug-likeness (QED) is 0.752. The minimum Gasteiger partial charge on any atom is -0.352 e. The van der Waals surface area contributed by atoms with E-state index < -0.39 is 0 Å². The van der Waals surface area contributed by atoms with Crippen molar-refractivity contribution in [3.63, 3.8) is 0 Å². The first-order valence-corrected chi connectivity index (χ1v) is 5.18. The first-order chi connectivity index (χ1) is 7.25. The molecule has 0 aromatic carbocycles. The summed E-state index contributed by atoms with van der Waals surface area (Å²) in [6.45, 7) is 0.554. The molecule has 1 saturated carbocycles. The maximum atomic E-state index is 11.6. The van der Waals surface area contributed by atoms with Gasteiger partial charge in [0, 0.05) is 30.9 Å². The summed E-state index contributed by atoms with van der Waals surface area (Å²) >= 11 is 0. The normalized spacial score (nSPS) is 24.3. The molecule has 0 aliphatic heterocycles. The SMILES string of the molecule is NC1CC(C(=O)NCc2cccnc2)C1. The van der Waals surface area contributed by atoms with Crippen molar-refractivity contribution >= 4 is 5.91 Å². The van der Waals surface area contributed by atoms with Crippen molar-refractivity contribution in [1.82, 2.24) is 10.3 Å². The van der Waals surface area contributed by atoms with Gasteiger partial charge >= 0.3 is 0 Å². The highest BCUT2D eigenvalue weighted by Gasteiger charge is 2.31. The van der Waals surface area contributed by atoms with Crippen molar-refractivity contribution in [3.8, 4) is 0 Å². The molecule has 4 heteroatoms. The van der Waals surface area contributed by atoms with Crippen molar-refractivity contribution in [2.75, 3.05) is 0 Å². The van der Waals surface area contributed by atoms with Gasteiger partial charge in [-0.15, -0.1) is 0 Å². The molecule has 0 unspecified atom stereocenters. The fraction of sp³-hybridized carbons (Fsp3) is 0.455. The maximum absolute atomic E-state index is 11.6. The molecule has 15 heavy (non-hydrogen) atoms. The second kappa shape index (κ2) is 4.40. The van der Waals surface area contributed by atoms with Crippen LogP contribution in [0.1, 0.15) is 18.4 Å². The molecule has 2 rings (SSSR count). The Balaban J connectivity index is 1.76. The second-order valence-electron chi connectivity index (χ2n) is 4.01. The Morgan fingerprint density at radius 2 is 2.40 bits per heavy atom. The Morgan fingerprint density at radius 1 is 1.60 bits per heavy atom. The van der Waals surface area contributed by atoms with Crippen LogP contribution in [0.3, 0.4) is 0 Å². The first-order valence-electron chi connectivity index (χ1n) is 5.18. The topological polar surface area (TPSA) is 68.0 Å². The molecule has 0 atom stereocenters. The van der Waals surface area contributed by atoms with Crippen LogP contribution in [0.15, 0.2) is 24.5 Å². The first kappa shape index (κ1) is 10.1. The van der Waals surface area contributed by atoms with E-state index in [0.717, 1.165) is 18.4 Å². The van der Waals surface area contributed by atoms with Gasteiger partial charge in [-0.2, -0.15) is 0 Å². The molecular formula is C11H15N3O. The van der Waals surface area contributed by atoms with Crippen LogP contribution in [0, 0.1) is 5.92 Å². The van der Waals surface area contributed by atoms with Gasteiger partial charge in [-0.3, -0.25) is 9.78 Å². The number of nitrogens with one attached hydrogen (secondary N) is 1. The van der Waals surface area contributed by atoms with Crippen molar-refractivity contribution in [2.24, 2.45) is 11.7 Å². The van der Waals surface area contributed by atoms with Crippen molar-refractivity contribution in [1.29, 1.82) is 0 Å². The molecule has 3 N–H and O–H groups in total. The minimum absolute atomic E-state index is 0.112. The van der Waals surface area contributed by atoms with Crippen LogP contribution in [0.2, 0.25) is 0 Å². The Hall–Kier alpha value is -1.42. The van der Waals surface area contributed by atoms with E-state index >= 15 is 0 Å². The Labute approximate surface area is 88.9 Å². The van der Waals surface area contributed by atoms with Crippen LogP contribution in [-0.2, 0) is 11.3 Å². The monoisotopic (exact) mass is 205 g/mol. The summed E-state index contributed by atoms with van der Waals surface area (Å²) in [7, 11) is 0. The Kier molecular flexibility index (Phi) is 2.97. The van der Waals surface area contributed by atoms with Crippen LogP contribution >= 0.6 is 0 Å². The van der Waals surface area contributed by atoms with Crippen LogP contribution < -0.4 is 11.1 Å². The van der Waals surface area contributed by atoms with E-state index in [-0.39, 0.29) is 17.9 Å². The van der Waals surface area contributed by atoms with E-state index in [1.54, 1.807) is 12.4 Å². The van der Waals surface area contributed by atoms with E-state index in [4.69, 9.17) is 5.73 Å². The van der Waals surface area contributed by atoms with E-state index in [1.807, 2.05) is 12.1 Å². The summed E-state index contributed by atoms with van der Waals surface area (Å²) in [4.78, 5) is 15.5. The van der Waals surface area contributed by atoms with E-state index in [9.17, 15) is 4.79 Å². The van der Waals surface area contributed by atoms with E-state index in [1.165, 1.54) is 0 Å². The van der Waals surface area contributed by atoms with Gasteiger partial charge in [0.2, 0.25) is 5.91 Å². The van der Waals surface area contributed by atoms with Crippen LogP contribution in [0.25, 0.3) is 0 Å². The van der Waals surface area contributed by atoms with Gasteiger partial charge in [0.25, 0.3) is 0 Å². The van der Waals surface area contributed by atoms with Gasteiger partial charge in [0.15, 0.2) is 0 Å². The highest BCUT2D eigenvalue weighted by molar-refractivity contribution is 5.79. The molecule has 1 fully saturated rings. The number of nitrogens with zero attached hydrogens (tertiary/aromatic N) is 1. The van der Waals surface area contributed by atoms with Gasteiger partial charge in [-0.05, 0) is 24.5 Å². The largest absolute Gasteiger partial charge is 0.352 e. The summed E-state index contributed by atoms with van der Waals surface area (Å²) in [5.74, 6) is 0.234. The molecule has 1 amide bonds. The Bertz CT molecular complexity index is 333. The smallest absolute Gasteiger partial charge is 0.223 e. The molecule has 0 spiro atoms. The zero-order chi connectivity index (χ0) is 10.7. The lowest BCUT2D eigenvalue weighted by Crippen LogP contribution is -2.44. The van der Waals surface area contributed by atoms with Crippen LogP contribution in [-0.4, -0.2) is 16.9 Å². The molecule has 1 aromatic rings. The molecule has 0 bridgehead atoms. The molecule has 0 radical (unpaired) electrons. The molecule has 1 heterocycles. The van der Waals surface area contributed by atoms with Gasteiger partial charge in [0.05, 0.1) is 0 Å². The van der Waals surface area contributed by atoms with Crippen LogP contribution in [0.5, 0.6) is 0 Å². The maximum Gasteiger partial charge on any atom is 0.223 e. The lowest BCUT2D eigenvalue weighted by molar-refractivity contribution is -0.128. The van der Waals surface area contributed by atoms with Gasteiger partial charge in [-0.1, -0.05) is 6.07 Å². The van der Waals surface area contributed by atoms with Crippen molar-refractivity contribution in [3.05, 3.63) is 30.1 Å². The number of hydrogen-bond donors (Lipinski definition) is 2. The van der Waals surface area contributed by atoms with Gasteiger partial charge in [0.1, 0.15) is 0 Å². The predicted molar refractivity (Wildman–Crippen MR) is 56.8 cm³/mol. The number of nitrogens with two attached hydrogens (primary N) is 1. The predicted octanol–water partition coefficient (Wildman–Crippen LogP) is 0.435. The Morgan fingerprint density at radius 3 is 3.00 bits per heavy atom. The van der Waals surface area contributed by atoms with Crippen LogP contribution in [0.4, 0.5) is 0 Å². The number of aromatic nitrogens is 1. The third kappa shape index (κ3) is 2.53. The summed E-state index contributed by atoms with van der Waals surface area (Å²) in [6, 6.07) is 4.03. The third-order valence-corrected chi connectivity index (χ3v) is 2.73. The summed E-state index contributed by atoms with van der Waals surface area (Å²) in [5.41, 5.74) is 6.65. The average molecular weight is 205 g/mol. The van der Waals surface area contributed by atoms with Crippen molar-refractivity contribution in [2.45, 2.75) is 25.4 Å². The molecule has 1 aliphatic carbocycles. The average Bonchev–Trinajstić information content (AvgIpc) is 2.23. The fourth-order valence-corrected chi connectivity index (χ4v) is 1.71. The van der Waals surface area contributed by atoms with Crippen molar-refractivity contribution < 1.29 is 4.79 Å².